The zero-order valence-electron chi connectivity index (χ0n) is 33.3. The van der Waals surface area contributed by atoms with Crippen molar-refractivity contribution in [1.29, 1.82) is 0 Å². The molecular formula is C43H82O6. The maximum absolute atomic E-state index is 12.6. The van der Waals surface area contributed by atoms with E-state index in [2.05, 4.69) is 34.6 Å². The zero-order chi connectivity index (χ0) is 36.2. The minimum Gasteiger partial charge on any atom is -0.462 e. The summed E-state index contributed by atoms with van der Waals surface area (Å²) in [7, 11) is 0. The summed E-state index contributed by atoms with van der Waals surface area (Å²) in [6, 6.07) is 0. The van der Waals surface area contributed by atoms with Gasteiger partial charge >= 0.3 is 17.9 Å². The second-order valence-corrected chi connectivity index (χ2v) is 15.3. The Kier molecular flexibility index (Phi) is 35.0. The molecule has 0 amide bonds. The highest BCUT2D eigenvalue weighted by Gasteiger charge is 2.19. The Bertz CT molecular complexity index is 751. The van der Waals surface area contributed by atoms with Crippen molar-refractivity contribution in [3.05, 3.63) is 0 Å². The predicted molar refractivity (Wildman–Crippen MR) is 206 cm³/mol. The monoisotopic (exact) mass is 695 g/mol. The fourth-order valence-electron chi connectivity index (χ4n) is 6.19. The molecule has 0 aliphatic carbocycles. The van der Waals surface area contributed by atoms with E-state index in [0.717, 1.165) is 69.6 Å². The molecule has 6 nitrogen and oxygen atoms in total. The molecule has 0 saturated carbocycles. The summed E-state index contributed by atoms with van der Waals surface area (Å²) in [6.07, 6.45) is 32.4. The lowest BCUT2D eigenvalue weighted by atomic mass is 10.00. The molecule has 0 aromatic carbocycles. The number of ether oxygens (including phenoxy) is 3. The van der Waals surface area contributed by atoms with Crippen LogP contribution in [0.15, 0.2) is 0 Å². The van der Waals surface area contributed by atoms with Crippen molar-refractivity contribution in [2.75, 3.05) is 13.2 Å². The smallest absolute Gasteiger partial charge is 0.306 e. The molecule has 0 rings (SSSR count). The molecule has 0 spiro atoms. The third-order valence-corrected chi connectivity index (χ3v) is 9.83. The first kappa shape index (κ1) is 47.4. The quantitative estimate of drug-likeness (QED) is 0.0366. The highest BCUT2D eigenvalue weighted by atomic mass is 16.6. The minimum absolute atomic E-state index is 0.0668. The van der Waals surface area contributed by atoms with Crippen molar-refractivity contribution in [1.82, 2.24) is 0 Å². The summed E-state index contributed by atoms with van der Waals surface area (Å²) >= 11 is 0. The Balaban J connectivity index is 4.35. The number of rotatable bonds is 37. The molecule has 0 saturated heterocycles. The van der Waals surface area contributed by atoms with E-state index in [1.165, 1.54) is 116 Å². The lowest BCUT2D eigenvalue weighted by Crippen LogP contribution is -2.30. The third-order valence-electron chi connectivity index (χ3n) is 9.83. The zero-order valence-corrected chi connectivity index (χ0v) is 33.3. The van der Waals surface area contributed by atoms with Crippen molar-refractivity contribution < 1.29 is 28.6 Å². The van der Waals surface area contributed by atoms with Gasteiger partial charge in [0.05, 0.1) is 0 Å². The first-order chi connectivity index (χ1) is 23.8. The number of unbranched alkanes of at least 4 members (excludes halogenated alkanes) is 21. The van der Waals surface area contributed by atoms with Crippen LogP contribution in [-0.4, -0.2) is 37.2 Å². The molecule has 0 aliphatic rings. The highest BCUT2D eigenvalue weighted by Crippen LogP contribution is 2.16. The van der Waals surface area contributed by atoms with Gasteiger partial charge in [-0.05, 0) is 31.1 Å². The molecule has 0 aromatic rings. The van der Waals surface area contributed by atoms with Crippen LogP contribution in [0.25, 0.3) is 0 Å². The van der Waals surface area contributed by atoms with Crippen molar-refractivity contribution in [2.45, 2.75) is 233 Å². The van der Waals surface area contributed by atoms with Gasteiger partial charge in [0.25, 0.3) is 0 Å². The van der Waals surface area contributed by atoms with Gasteiger partial charge in [-0.2, -0.15) is 0 Å². The van der Waals surface area contributed by atoms with Crippen LogP contribution in [0.4, 0.5) is 0 Å². The fourth-order valence-corrected chi connectivity index (χ4v) is 6.19. The van der Waals surface area contributed by atoms with E-state index >= 15 is 0 Å². The van der Waals surface area contributed by atoms with Crippen LogP contribution < -0.4 is 0 Å². The normalized spacial score (nSPS) is 12.6. The average Bonchev–Trinajstić information content (AvgIpc) is 3.08. The predicted octanol–water partition coefficient (Wildman–Crippen LogP) is 13.0. The van der Waals surface area contributed by atoms with Gasteiger partial charge in [0.2, 0.25) is 0 Å². The maximum Gasteiger partial charge on any atom is 0.306 e. The van der Waals surface area contributed by atoms with Gasteiger partial charge in [-0.25, -0.2) is 0 Å². The first-order valence-corrected chi connectivity index (χ1v) is 21.3. The lowest BCUT2D eigenvalue weighted by molar-refractivity contribution is -0.167. The van der Waals surface area contributed by atoms with Gasteiger partial charge in [-0.3, -0.25) is 14.4 Å². The summed E-state index contributed by atoms with van der Waals surface area (Å²) < 4.78 is 16.6. The third kappa shape index (κ3) is 36.0. The van der Waals surface area contributed by atoms with Gasteiger partial charge in [0, 0.05) is 19.3 Å². The van der Waals surface area contributed by atoms with E-state index in [0.29, 0.717) is 19.3 Å². The topological polar surface area (TPSA) is 78.9 Å². The van der Waals surface area contributed by atoms with E-state index in [1.54, 1.807) is 0 Å². The SMILES string of the molecule is CCCCCCCCCCCCCCC(=O)OC[C@H](COC(=O)CCCCCCCCC(C)C)OC(=O)CCCCCCCCC(C)CC. The number of esters is 3. The van der Waals surface area contributed by atoms with Crippen molar-refractivity contribution >= 4 is 17.9 Å². The second-order valence-electron chi connectivity index (χ2n) is 15.3. The molecule has 49 heavy (non-hydrogen) atoms. The molecule has 2 atom stereocenters. The van der Waals surface area contributed by atoms with Crippen LogP contribution in [0.2, 0.25) is 0 Å². The molecule has 0 aromatic heterocycles. The number of hydrogen-bond donors (Lipinski definition) is 0. The van der Waals surface area contributed by atoms with Crippen LogP contribution in [0.5, 0.6) is 0 Å². The van der Waals surface area contributed by atoms with E-state index < -0.39 is 6.10 Å². The van der Waals surface area contributed by atoms with Crippen molar-refractivity contribution in [3.8, 4) is 0 Å². The maximum atomic E-state index is 12.6. The summed E-state index contributed by atoms with van der Waals surface area (Å²) in [6.45, 7) is 11.2. The van der Waals surface area contributed by atoms with E-state index in [9.17, 15) is 14.4 Å². The fraction of sp³-hybridized carbons (Fsp3) is 0.930. The molecule has 1 unspecified atom stereocenters. The first-order valence-electron chi connectivity index (χ1n) is 21.3. The number of hydrogen-bond acceptors (Lipinski definition) is 6. The molecule has 6 heteroatoms. The minimum atomic E-state index is -0.760. The molecular weight excluding hydrogens is 612 g/mol. The molecule has 0 fully saturated rings. The van der Waals surface area contributed by atoms with E-state index in [4.69, 9.17) is 14.2 Å². The number of carbonyl (C=O) groups is 3. The second kappa shape index (κ2) is 36.2. The summed E-state index contributed by atoms with van der Waals surface area (Å²) in [4.78, 5) is 37.5. The summed E-state index contributed by atoms with van der Waals surface area (Å²) in [5, 5.41) is 0. The average molecular weight is 695 g/mol. The molecule has 0 N–H and O–H groups in total. The standard InChI is InChI=1S/C43H82O6/c1-6-8-9-10-11-12-13-14-15-16-23-28-33-41(44)47-36-40(37-48-42(45)34-29-24-19-17-21-26-31-38(3)4)49-43(46)35-30-25-20-18-22-27-32-39(5)7-2/h38-40H,6-37H2,1-5H3/t39?,40-/m1/s1. The lowest BCUT2D eigenvalue weighted by Gasteiger charge is -2.18. The highest BCUT2D eigenvalue weighted by molar-refractivity contribution is 5.71. The van der Waals surface area contributed by atoms with Crippen LogP contribution >= 0.6 is 0 Å². The Morgan fingerprint density at radius 1 is 0.429 bits per heavy atom. The van der Waals surface area contributed by atoms with Gasteiger partial charge in [0.1, 0.15) is 13.2 Å². The largest absolute Gasteiger partial charge is 0.462 e. The Labute approximate surface area is 304 Å². The van der Waals surface area contributed by atoms with Crippen LogP contribution in [0.1, 0.15) is 227 Å². The van der Waals surface area contributed by atoms with Crippen LogP contribution in [0.3, 0.4) is 0 Å². The van der Waals surface area contributed by atoms with Crippen molar-refractivity contribution in [3.63, 3.8) is 0 Å². The van der Waals surface area contributed by atoms with E-state index in [1.807, 2.05) is 0 Å². The molecule has 0 aliphatic heterocycles. The van der Waals surface area contributed by atoms with Crippen molar-refractivity contribution in [2.24, 2.45) is 11.8 Å². The van der Waals surface area contributed by atoms with Gasteiger partial charge in [-0.15, -0.1) is 0 Å². The number of carbonyl (C=O) groups excluding carboxylic acids is 3. The van der Waals surface area contributed by atoms with Gasteiger partial charge < -0.3 is 14.2 Å². The van der Waals surface area contributed by atoms with Crippen LogP contribution in [0, 0.1) is 11.8 Å². The Morgan fingerprint density at radius 2 is 0.776 bits per heavy atom. The molecule has 0 bridgehead atoms. The molecule has 0 heterocycles. The molecule has 0 radical (unpaired) electrons. The summed E-state index contributed by atoms with van der Waals surface area (Å²) in [5.74, 6) is 0.704. The molecule has 290 valence electrons. The van der Waals surface area contributed by atoms with E-state index in [-0.39, 0.29) is 31.1 Å². The Morgan fingerprint density at radius 3 is 1.16 bits per heavy atom. The Hall–Kier alpha value is -1.59. The van der Waals surface area contributed by atoms with Gasteiger partial charge in [0.15, 0.2) is 6.10 Å². The van der Waals surface area contributed by atoms with Crippen LogP contribution in [-0.2, 0) is 28.6 Å². The summed E-state index contributed by atoms with van der Waals surface area (Å²) in [5.41, 5.74) is 0. The van der Waals surface area contributed by atoms with Gasteiger partial charge in [-0.1, -0.05) is 189 Å².